The van der Waals surface area contributed by atoms with Crippen LogP contribution in [0, 0.1) is 12.8 Å². The highest BCUT2D eigenvalue weighted by Crippen LogP contribution is 2.38. The van der Waals surface area contributed by atoms with Crippen molar-refractivity contribution in [3.8, 4) is 0 Å². The summed E-state index contributed by atoms with van der Waals surface area (Å²) in [5.41, 5.74) is 2.39. The van der Waals surface area contributed by atoms with Crippen molar-refractivity contribution >= 4 is 21.5 Å². The monoisotopic (exact) mass is 385 g/mol. The molecule has 0 radical (unpaired) electrons. The molecule has 0 aromatic heterocycles. The van der Waals surface area contributed by atoms with Crippen molar-refractivity contribution in [3.05, 3.63) is 71.8 Å². The van der Waals surface area contributed by atoms with Crippen molar-refractivity contribution in [2.75, 3.05) is 7.11 Å². The molecule has 0 saturated heterocycles. The highest BCUT2D eigenvalue weighted by atomic mass is 32.2. The Bertz CT molecular complexity index is 977. The molecule has 27 heavy (non-hydrogen) atoms. The molecule has 0 saturated carbocycles. The first kappa shape index (κ1) is 19.3. The Balaban J connectivity index is 2.11. The molecule has 1 aliphatic heterocycles. The van der Waals surface area contributed by atoms with Crippen molar-refractivity contribution in [1.82, 2.24) is 0 Å². The summed E-state index contributed by atoms with van der Waals surface area (Å²) in [5, 5.41) is 0. The van der Waals surface area contributed by atoms with Crippen LogP contribution in [0.2, 0.25) is 0 Å². The summed E-state index contributed by atoms with van der Waals surface area (Å²) in [4.78, 5) is 0.121. The van der Waals surface area contributed by atoms with Crippen molar-refractivity contribution < 1.29 is 17.9 Å². The second-order valence-corrected chi connectivity index (χ2v) is 8.39. The lowest BCUT2D eigenvalue weighted by Gasteiger charge is -2.29. The predicted molar refractivity (Wildman–Crippen MR) is 106 cm³/mol. The summed E-state index contributed by atoms with van der Waals surface area (Å²) in [6, 6.07) is 16.0. The minimum absolute atomic E-state index is 0.0392. The fourth-order valence-electron chi connectivity index (χ4n) is 2.88. The zero-order chi connectivity index (χ0) is 19.7. The molecule has 1 unspecified atom stereocenters. The second-order valence-electron chi connectivity index (χ2n) is 6.79. The van der Waals surface area contributed by atoms with Gasteiger partial charge in [0.25, 0.3) is 10.0 Å². The Hall–Kier alpha value is -2.44. The highest BCUT2D eigenvalue weighted by molar-refractivity contribution is 7.90. The van der Waals surface area contributed by atoms with Crippen molar-refractivity contribution in [2.45, 2.75) is 31.5 Å². The second kappa shape index (κ2) is 7.29. The summed E-state index contributed by atoms with van der Waals surface area (Å²) in [6.45, 7) is 5.79. The van der Waals surface area contributed by atoms with Gasteiger partial charge in [0.1, 0.15) is 0 Å². The molecule has 5 nitrogen and oxygen atoms in total. The largest absolute Gasteiger partial charge is 0.440 e. The van der Waals surface area contributed by atoms with E-state index in [0.29, 0.717) is 5.57 Å². The number of aryl methyl sites for hydroxylation is 1. The molecule has 0 spiro atoms. The van der Waals surface area contributed by atoms with E-state index in [0.717, 1.165) is 11.1 Å². The molecule has 3 rings (SSSR count). The summed E-state index contributed by atoms with van der Waals surface area (Å²) in [6.07, 6.45) is 1.80. The fraction of sp³-hybridized carbons (Fsp3) is 0.286. The topological polar surface area (TPSA) is 65.0 Å². The molecule has 1 aliphatic rings. The summed E-state index contributed by atoms with van der Waals surface area (Å²) < 4.78 is 41.2. The average Bonchev–Trinajstić information content (AvgIpc) is 3.02. The Morgan fingerprint density at radius 2 is 1.67 bits per heavy atom. The normalized spacial score (nSPS) is 21.4. The minimum Gasteiger partial charge on any atom is -0.440 e. The van der Waals surface area contributed by atoms with Crippen LogP contribution in [0.25, 0.3) is 5.57 Å². The molecular formula is C21H23NO4S. The summed E-state index contributed by atoms with van der Waals surface area (Å²) in [5.74, 6) is -1.07. The van der Waals surface area contributed by atoms with E-state index in [9.17, 15) is 8.42 Å². The van der Waals surface area contributed by atoms with Gasteiger partial charge in [0.15, 0.2) is 0 Å². The third-order valence-corrected chi connectivity index (χ3v) is 5.84. The third kappa shape index (κ3) is 3.82. The van der Waals surface area contributed by atoms with Gasteiger partial charge in [0, 0.05) is 24.7 Å². The number of hydrogen-bond donors (Lipinski definition) is 0. The van der Waals surface area contributed by atoms with Gasteiger partial charge >= 0.3 is 0 Å². The zero-order valence-electron chi connectivity index (χ0n) is 15.8. The third-order valence-electron chi connectivity index (χ3n) is 4.56. The van der Waals surface area contributed by atoms with E-state index in [4.69, 9.17) is 9.47 Å². The van der Waals surface area contributed by atoms with Gasteiger partial charge in [-0.15, -0.1) is 4.40 Å². The molecule has 2 aromatic rings. The number of ether oxygens (including phenoxy) is 2. The van der Waals surface area contributed by atoms with Gasteiger partial charge in [-0.3, -0.25) is 0 Å². The first-order valence-corrected chi connectivity index (χ1v) is 10.2. The van der Waals surface area contributed by atoms with E-state index in [2.05, 4.69) is 4.40 Å². The predicted octanol–water partition coefficient (Wildman–Crippen LogP) is 4.19. The maximum atomic E-state index is 12.8. The lowest BCUT2D eigenvalue weighted by Crippen LogP contribution is -2.36. The molecule has 0 bridgehead atoms. The van der Waals surface area contributed by atoms with Crippen LogP contribution in [-0.4, -0.2) is 27.2 Å². The summed E-state index contributed by atoms with van der Waals surface area (Å²) in [7, 11) is -2.38. The maximum Gasteiger partial charge on any atom is 0.285 e. The minimum atomic E-state index is -3.92. The highest BCUT2D eigenvalue weighted by Gasteiger charge is 2.43. The van der Waals surface area contributed by atoms with E-state index in [1.807, 2.05) is 51.1 Å². The molecule has 2 aromatic carbocycles. The average molecular weight is 385 g/mol. The van der Waals surface area contributed by atoms with Crippen LogP contribution in [0.3, 0.4) is 0 Å². The molecule has 6 heteroatoms. The number of nitrogens with zero attached hydrogens (tertiary/aromatic N) is 1. The van der Waals surface area contributed by atoms with E-state index in [-0.39, 0.29) is 16.7 Å². The molecule has 1 heterocycles. The molecule has 0 N–H and O–H groups in total. The van der Waals surface area contributed by atoms with E-state index in [1.165, 1.54) is 7.11 Å². The first-order chi connectivity index (χ1) is 12.8. The number of methoxy groups -OCH3 is 1. The van der Waals surface area contributed by atoms with Crippen LogP contribution in [0.5, 0.6) is 0 Å². The molecule has 1 atom stereocenters. The van der Waals surface area contributed by atoms with E-state index >= 15 is 0 Å². The standard InChI is InChI=1S/C21H23NO4S/c1-15(2)21(25-4)14-19(17-8-6-5-7-9-17)20(26-21)22-27(23,24)18-12-10-16(3)11-13-18/h5-15H,1-4H3/b22-20+. The van der Waals surface area contributed by atoms with Gasteiger partial charge in [0.2, 0.25) is 11.7 Å². The molecule has 0 aliphatic carbocycles. The van der Waals surface area contributed by atoms with Gasteiger partial charge in [-0.2, -0.15) is 8.42 Å². The smallest absolute Gasteiger partial charge is 0.285 e. The Labute approximate surface area is 160 Å². The van der Waals surface area contributed by atoms with Gasteiger partial charge in [0.05, 0.1) is 4.90 Å². The zero-order valence-corrected chi connectivity index (χ0v) is 16.7. The first-order valence-electron chi connectivity index (χ1n) is 8.72. The fourth-order valence-corrected chi connectivity index (χ4v) is 3.82. The molecule has 142 valence electrons. The van der Waals surface area contributed by atoms with Gasteiger partial charge < -0.3 is 9.47 Å². The Morgan fingerprint density at radius 1 is 1.04 bits per heavy atom. The van der Waals surface area contributed by atoms with Crippen LogP contribution < -0.4 is 0 Å². The van der Waals surface area contributed by atoms with Gasteiger partial charge in [-0.05, 0) is 24.6 Å². The van der Waals surface area contributed by atoms with Crippen LogP contribution in [0.15, 0.2) is 70.0 Å². The quantitative estimate of drug-likeness (QED) is 0.774. The molecule has 0 fully saturated rings. The lowest BCUT2D eigenvalue weighted by molar-refractivity contribution is -0.157. The van der Waals surface area contributed by atoms with Crippen molar-refractivity contribution in [3.63, 3.8) is 0 Å². The molecular weight excluding hydrogens is 362 g/mol. The van der Waals surface area contributed by atoms with Crippen LogP contribution in [-0.2, 0) is 19.5 Å². The van der Waals surface area contributed by atoms with Gasteiger partial charge in [-0.25, -0.2) is 0 Å². The number of rotatable bonds is 5. The van der Waals surface area contributed by atoms with E-state index in [1.54, 1.807) is 30.3 Å². The number of benzene rings is 2. The lowest BCUT2D eigenvalue weighted by atomic mass is 9.99. The number of sulfonamides is 1. The van der Waals surface area contributed by atoms with Crippen LogP contribution in [0.1, 0.15) is 25.0 Å². The van der Waals surface area contributed by atoms with E-state index < -0.39 is 15.8 Å². The summed E-state index contributed by atoms with van der Waals surface area (Å²) >= 11 is 0. The van der Waals surface area contributed by atoms with Crippen molar-refractivity contribution in [1.29, 1.82) is 0 Å². The maximum absolute atomic E-state index is 12.8. The van der Waals surface area contributed by atoms with Gasteiger partial charge in [-0.1, -0.05) is 61.9 Å². The molecule has 0 amide bonds. The Kier molecular flexibility index (Phi) is 5.22. The SMILES string of the molecule is COC1(C(C)C)C=C(c2ccccc2)/C(=N\S(=O)(=O)c2ccc(C)cc2)O1. The van der Waals surface area contributed by atoms with Crippen molar-refractivity contribution in [2.24, 2.45) is 10.3 Å². The van der Waals surface area contributed by atoms with Crippen LogP contribution in [0.4, 0.5) is 0 Å². The number of hydrogen-bond acceptors (Lipinski definition) is 4. The van der Waals surface area contributed by atoms with Crippen LogP contribution >= 0.6 is 0 Å². The Morgan fingerprint density at radius 3 is 2.22 bits per heavy atom.